The van der Waals surface area contributed by atoms with Crippen molar-refractivity contribution in [3.63, 3.8) is 0 Å². The van der Waals surface area contributed by atoms with E-state index in [1.807, 2.05) is 0 Å². The Morgan fingerprint density at radius 1 is 1.48 bits per heavy atom. The lowest BCUT2D eigenvalue weighted by atomic mass is 10.2. The van der Waals surface area contributed by atoms with Gasteiger partial charge in [0.25, 0.3) is 0 Å². The fourth-order valence-electron chi connectivity index (χ4n) is 1.84. The standard InChI is InChI=1S/C13H21N3O4S/c1-3-5-14-13(19)15-11(17)8-16-6-7-21-9-10(16)12(18)20-4-2/h3,10H,1,4-9H2,2H3,(H2,14,15,17,19). The molecule has 0 radical (unpaired) electrons. The van der Waals surface area contributed by atoms with Crippen LogP contribution in [-0.2, 0) is 14.3 Å². The van der Waals surface area contributed by atoms with Crippen LogP contribution in [0.1, 0.15) is 6.92 Å². The Hall–Kier alpha value is -1.54. The van der Waals surface area contributed by atoms with E-state index in [4.69, 9.17) is 4.74 Å². The monoisotopic (exact) mass is 315 g/mol. The van der Waals surface area contributed by atoms with Crippen molar-refractivity contribution in [2.75, 3.05) is 37.7 Å². The maximum atomic E-state index is 11.9. The van der Waals surface area contributed by atoms with E-state index in [1.165, 1.54) is 6.08 Å². The summed E-state index contributed by atoms with van der Waals surface area (Å²) in [4.78, 5) is 36.8. The van der Waals surface area contributed by atoms with Gasteiger partial charge in [0.15, 0.2) is 0 Å². The van der Waals surface area contributed by atoms with Crippen LogP contribution < -0.4 is 10.6 Å². The van der Waals surface area contributed by atoms with Gasteiger partial charge < -0.3 is 10.1 Å². The molecule has 21 heavy (non-hydrogen) atoms. The molecule has 1 saturated heterocycles. The Balaban J connectivity index is 2.49. The van der Waals surface area contributed by atoms with E-state index in [0.29, 0.717) is 18.9 Å². The number of hydrogen-bond acceptors (Lipinski definition) is 6. The quantitative estimate of drug-likeness (QED) is 0.529. The van der Waals surface area contributed by atoms with E-state index < -0.39 is 18.0 Å². The van der Waals surface area contributed by atoms with E-state index in [-0.39, 0.29) is 19.1 Å². The number of nitrogens with one attached hydrogen (secondary N) is 2. The van der Waals surface area contributed by atoms with E-state index >= 15 is 0 Å². The molecule has 1 rings (SSSR count). The van der Waals surface area contributed by atoms with E-state index in [1.54, 1.807) is 23.6 Å². The van der Waals surface area contributed by atoms with Gasteiger partial charge in [-0.2, -0.15) is 11.8 Å². The molecule has 1 fully saturated rings. The van der Waals surface area contributed by atoms with Crippen LogP contribution in [0.15, 0.2) is 12.7 Å². The highest BCUT2D eigenvalue weighted by Crippen LogP contribution is 2.17. The summed E-state index contributed by atoms with van der Waals surface area (Å²) in [6.07, 6.45) is 1.52. The zero-order chi connectivity index (χ0) is 15.7. The fourth-order valence-corrected chi connectivity index (χ4v) is 2.94. The van der Waals surface area contributed by atoms with Crippen LogP contribution in [0.3, 0.4) is 0 Å². The largest absolute Gasteiger partial charge is 0.465 e. The van der Waals surface area contributed by atoms with Crippen molar-refractivity contribution in [1.29, 1.82) is 0 Å². The molecular formula is C13H21N3O4S. The molecule has 0 saturated carbocycles. The third-order valence-corrected chi connectivity index (χ3v) is 3.83. The van der Waals surface area contributed by atoms with Crippen LogP contribution in [0.5, 0.6) is 0 Å². The number of amides is 3. The molecule has 1 aliphatic heterocycles. The molecule has 8 heteroatoms. The molecule has 3 amide bonds. The zero-order valence-corrected chi connectivity index (χ0v) is 12.9. The number of ether oxygens (including phenoxy) is 1. The first-order chi connectivity index (χ1) is 10.1. The highest BCUT2D eigenvalue weighted by Gasteiger charge is 2.31. The van der Waals surface area contributed by atoms with Crippen molar-refractivity contribution < 1.29 is 19.1 Å². The minimum atomic E-state index is -0.570. The smallest absolute Gasteiger partial charge is 0.324 e. The van der Waals surface area contributed by atoms with Gasteiger partial charge in [-0.05, 0) is 6.92 Å². The Kier molecular flexibility index (Phi) is 7.84. The zero-order valence-electron chi connectivity index (χ0n) is 12.1. The van der Waals surface area contributed by atoms with Gasteiger partial charge in [-0.1, -0.05) is 6.08 Å². The summed E-state index contributed by atoms with van der Waals surface area (Å²) in [6.45, 7) is 6.40. The fraction of sp³-hybridized carbons (Fsp3) is 0.615. The van der Waals surface area contributed by atoms with E-state index in [0.717, 1.165) is 5.75 Å². The summed E-state index contributed by atoms with van der Waals surface area (Å²) in [7, 11) is 0. The molecule has 1 atom stereocenters. The van der Waals surface area contributed by atoms with Crippen LogP contribution in [0.4, 0.5) is 4.79 Å². The topological polar surface area (TPSA) is 87.7 Å². The average molecular weight is 315 g/mol. The van der Waals surface area contributed by atoms with Crippen LogP contribution in [0.25, 0.3) is 0 Å². The number of imide groups is 1. The first kappa shape index (κ1) is 17.5. The lowest BCUT2D eigenvalue weighted by Gasteiger charge is -2.32. The van der Waals surface area contributed by atoms with Crippen molar-refractivity contribution in [2.45, 2.75) is 13.0 Å². The summed E-state index contributed by atoms with van der Waals surface area (Å²) in [5.41, 5.74) is 0. The third kappa shape index (κ3) is 6.17. The number of urea groups is 1. The van der Waals surface area contributed by atoms with Crippen molar-refractivity contribution in [1.82, 2.24) is 15.5 Å². The summed E-state index contributed by atoms with van der Waals surface area (Å²) in [5.74, 6) is 0.659. The van der Waals surface area contributed by atoms with Gasteiger partial charge in [-0.25, -0.2) is 4.79 Å². The van der Waals surface area contributed by atoms with Crippen molar-refractivity contribution in [2.24, 2.45) is 0 Å². The first-order valence-corrected chi connectivity index (χ1v) is 7.91. The molecular weight excluding hydrogens is 294 g/mol. The van der Waals surface area contributed by atoms with Crippen molar-refractivity contribution >= 4 is 29.7 Å². The Morgan fingerprint density at radius 2 is 2.24 bits per heavy atom. The van der Waals surface area contributed by atoms with Crippen LogP contribution in [-0.4, -0.2) is 66.6 Å². The number of nitrogens with zero attached hydrogens (tertiary/aromatic N) is 1. The normalized spacial score (nSPS) is 18.6. The molecule has 1 aliphatic rings. The van der Waals surface area contributed by atoms with E-state index in [2.05, 4.69) is 17.2 Å². The second kappa shape index (κ2) is 9.41. The molecule has 0 aromatic rings. The van der Waals surface area contributed by atoms with Gasteiger partial charge in [0, 0.05) is 24.6 Å². The number of carbonyl (C=O) groups is 3. The van der Waals surface area contributed by atoms with Gasteiger partial charge in [0.2, 0.25) is 5.91 Å². The number of hydrogen-bond donors (Lipinski definition) is 2. The maximum absolute atomic E-state index is 11.9. The average Bonchev–Trinajstić information content (AvgIpc) is 2.45. The first-order valence-electron chi connectivity index (χ1n) is 6.75. The third-order valence-electron chi connectivity index (χ3n) is 2.80. The number of rotatable bonds is 6. The highest BCUT2D eigenvalue weighted by molar-refractivity contribution is 7.99. The number of esters is 1. The van der Waals surface area contributed by atoms with Crippen molar-refractivity contribution in [3.8, 4) is 0 Å². The van der Waals surface area contributed by atoms with Gasteiger partial charge in [-0.3, -0.25) is 19.8 Å². The lowest BCUT2D eigenvalue weighted by Crippen LogP contribution is -2.53. The lowest BCUT2D eigenvalue weighted by molar-refractivity contribution is -0.149. The molecule has 0 aliphatic carbocycles. The van der Waals surface area contributed by atoms with Gasteiger partial charge in [0.1, 0.15) is 6.04 Å². The molecule has 1 unspecified atom stereocenters. The summed E-state index contributed by atoms with van der Waals surface area (Å²) in [5, 5.41) is 4.67. The summed E-state index contributed by atoms with van der Waals surface area (Å²) >= 11 is 1.65. The predicted molar refractivity (Wildman–Crippen MR) is 81.1 cm³/mol. The minimum Gasteiger partial charge on any atom is -0.465 e. The summed E-state index contributed by atoms with van der Waals surface area (Å²) < 4.78 is 5.01. The number of carbonyl (C=O) groups excluding carboxylic acids is 3. The number of thioether (sulfide) groups is 1. The molecule has 1 heterocycles. The SMILES string of the molecule is C=CCNC(=O)NC(=O)CN1CCSCC1C(=O)OCC. The van der Waals surface area contributed by atoms with Gasteiger partial charge in [-0.15, -0.1) is 6.58 Å². The van der Waals surface area contributed by atoms with Crippen molar-refractivity contribution in [3.05, 3.63) is 12.7 Å². The second-order valence-corrected chi connectivity index (χ2v) is 5.51. The molecule has 2 N–H and O–H groups in total. The summed E-state index contributed by atoms with van der Waals surface area (Å²) in [6, 6.07) is -1.01. The van der Waals surface area contributed by atoms with E-state index in [9.17, 15) is 14.4 Å². The van der Waals surface area contributed by atoms with Gasteiger partial charge >= 0.3 is 12.0 Å². The molecule has 0 aromatic heterocycles. The molecule has 0 aromatic carbocycles. The van der Waals surface area contributed by atoms with Gasteiger partial charge in [0.05, 0.1) is 13.2 Å². The molecule has 7 nitrogen and oxygen atoms in total. The minimum absolute atomic E-state index is 0.00838. The highest BCUT2D eigenvalue weighted by atomic mass is 32.2. The van der Waals surface area contributed by atoms with Crippen LogP contribution >= 0.6 is 11.8 Å². The Labute approximate surface area is 128 Å². The Bertz CT molecular complexity index is 403. The maximum Gasteiger partial charge on any atom is 0.324 e. The van der Waals surface area contributed by atoms with Crippen LogP contribution in [0.2, 0.25) is 0 Å². The molecule has 0 spiro atoms. The predicted octanol–water partition coefficient (Wildman–Crippen LogP) is -0.0213. The molecule has 118 valence electrons. The molecule has 0 bridgehead atoms. The second-order valence-electron chi connectivity index (χ2n) is 4.36. The Morgan fingerprint density at radius 3 is 2.90 bits per heavy atom. The van der Waals surface area contributed by atoms with Crippen LogP contribution in [0, 0.1) is 0 Å².